The zero-order valence-corrected chi connectivity index (χ0v) is 11.5. The molecule has 0 aromatic carbocycles. The zero-order valence-electron chi connectivity index (χ0n) is 11.5. The van der Waals surface area contributed by atoms with Gasteiger partial charge in [0.25, 0.3) is 0 Å². The average Bonchev–Trinajstić information content (AvgIpc) is 2.29. The minimum absolute atomic E-state index is 0.147. The Morgan fingerprint density at radius 2 is 1.94 bits per heavy atom. The van der Waals surface area contributed by atoms with Crippen molar-refractivity contribution in [3.05, 3.63) is 0 Å². The minimum Gasteiger partial charge on any atom is -0.372 e. The Bertz CT molecular complexity index is 200. The van der Waals surface area contributed by atoms with Gasteiger partial charge in [0.2, 0.25) is 0 Å². The Morgan fingerprint density at radius 3 is 2.50 bits per heavy atom. The molecule has 0 aromatic rings. The van der Waals surface area contributed by atoms with Crippen LogP contribution in [0.3, 0.4) is 0 Å². The molecule has 0 bridgehead atoms. The van der Waals surface area contributed by atoms with Gasteiger partial charge in [0, 0.05) is 25.7 Å². The fraction of sp³-hybridized carbons (Fsp3) is 1.00. The molecule has 0 aromatic heterocycles. The Morgan fingerprint density at radius 1 is 1.28 bits per heavy atom. The maximum atomic E-state index is 11.7. The molecule has 0 aliphatic rings. The van der Waals surface area contributed by atoms with Crippen molar-refractivity contribution in [1.29, 1.82) is 0 Å². The standard InChI is InChI=1S/C12H25F3N2O/c1-4-11(2)17(3)8-7-16-6-5-9-18-10-12(13,14)15/h11,16H,4-10H2,1-3H3. The molecule has 0 aliphatic carbocycles. The Labute approximate surface area is 108 Å². The van der Waals surface area contributed by atoms with Crippen LogP contribution < -0.4 is 5.32 Å². The van der Waals surface area contributed by atoms with Crippen molar-refractivity contribution < 1.29 is 17.9 Å². The van der Waals surface area contributed by atoms with Crippen LogP contribution in [-0.2, 0) is 4.74 Å². The topological polar surface area (TPSA) is 24.5 Å². The molecule has 0 saturated heterocycles. The summed E-state index contributed by atoms with van der Waals surface area (Å²) in [6.07, 6.45) is -2.50. The summed E-state index contributed by atoms with van der Waals surface area (Å²) in [5, 5.41) is 3.19. The van der Waals surface area contributed by atoms with Crippen molar-refractivity contribution in [2.45, 2.75) is 38.9 Å². The number of hydrogen-bond donors (Lipinski definition) is 1. The van der Waals surface area contributed by atoms with E-state index in [0.29, 0.717) is 19.0 Å². The molecule has 0 aliphatic heterocycles. The third kappa shape index (κ3) is 10.8. The average molecular weight is 270 g/mol. The normalized spacial score (nSPS) is 14.2. The first kappa shape index (κ1) is 17.7. The molecule has 0 fully saturated rings. The molecule has 0 rings (SSSR count). The monoisotopic (exact) mass is 270 g/mol. The van der Waals surface area contributed by atoms with E-state index in [9.17, 15) is 13.2 Å². The van der Waals surface area contributed by atoms with Crippen molar-refractivity contribution in [2.24, 2.45) is 0 Å². The van der Waals surface area contributed by atoms with E-state index in [4.69, 9.17) is 0 Å². The second-order valence-corrected chi connectivity index (χ2v) is 4.51. The van der Waals surface area contributed by atoms with Gasteiger partial charge >= 0.3 is 6.18 Å². The van der Waals surface area contributed by atoms with E-state index in [2.05, 4.69) is 35.8 Å². The van der Waals surface area contributed by atoms with Crippen LogP contribution in [-0.4, -0.2) is 57.0 Å². The Kier molecular flexibility index (Phi) is 9.40. The van der Waals surface area contributed by atoms with Crippen LogP contribution in [0.1, 0.15) is 26.7 Å². The second kappa shape index (κ2) is 9.58. The smallest absolute Gasteiger partial charge is 0.372 e. The summed E-state index contributed by atoms with van der Waals surface area (Å²) in [6, 6.07) is 0.557. The Balaban J connectivity index is 3.26. The van der Waals surface area contributed by atoms with E-state index in [0.717, 1.165) is 19.5 Å². The molecule has 0 saturated carbocycles. The summed E-state index contributed by atoms with van der Waals surface area (Å²) in [7, 11) is 2.07. The zero-order chi connectivity index (χ0) is 14.0. The third-order valence-corrected chi connectivity index (χ3v) is 2.89. The first-order valence-corrected chi connectivity index (χ1v) is 6.42. The molecule has 6 heteroatoms. The fourth-order valence-electron chi connectivity index (χ4n) is 1.40. The van der Waals surface area contributed by atoms with Crippen LogP contribution in [0.15, 0.2) is 0 Å². The van der Waals surface area contributed by atoms with E-state index in [1.807, 2.05) is 0 Å². The van der Waals surface area contributed by atoms with Gasteiger partial charge in [-0.15, -0.1) is 0 Å². The fourth-order valence-corrected chi connectivity index (χ4v) is 1.40. The maximum absolute atomic E-state index is 11.7. The molecular weight excluding hydrogens is 245 g/mol. The van der Waals surface area contributed by atoms with Gasteiger partial charge in [-0.2, -0.15) is 13.2 Å². The van der Waals surface area contributed by atoms with Crippen LogP contribution in [0.25, 0.3) is 0 Å². The van der Waals surface area contributed by atoms with Crippen LogP contribution in [0.2, 0.25) is 0 Å². The summed E-state index contributed by atoms with van der Waals surface area (Å²) in [6.45, 7) is 5.79. The molecule has 0 heterocycles. The molecular formula is C12H25F3N2O. The first-order valence-electron chi connectivity index (χ1n) is 6.42. The molecule has 1 atom stereocenters. The van der Waals surface area contributed by atoms with Crippen LogP contribution in [0.5, 0.6) is 0 Å². The second-order valence-electron chi connectivity index (χ2n) is 4.51. The van der Waals surface area contributed by atoms with Gasteiger partial charge < -0.3 is 15.0 Å². The van der Waals surface area contributed by atoms with Gasteiger partial charge in [-0.25, -0.2) is 0 Å². The number of ether oxygens (including phenoxy) is 1. The SMILES string of the molecule is CCC(C)N(C)CCNCCCOCC(F)(F)F. The van der Waals surface area contributed by atoms with Gasteiger partial charge in [0.1, 0.15) is 6.61 Å². The molecule has 110 valence electrons. The lowest BCUT2D eigenvalue weighted by molar-refractivity contribution is -0.173. The molecule has 0 radical (unpaired) electrons. The molecule has 1 unspecified atom stereocenters. The van der Waals surface area contributed by atoms with Gasteiger partial charge in [-0.3, -0.25) is 0 Å². The maximum Gasteiger partial charge on any atom is 0.411 e. The van der Waals surface area contributed by atoms with Crippen molar-refractivity contribution in [2.75, 3.05) is 39.9 Å². The predicted molar refractivity (Wildman–Crippen MR) is 66.7 cm³/mol. The van der Waals surface area contributed by atoms with Crippen molar-refractivity contribution in [1.82, 2.24) is 10.2 Å². The lowest BCUT2D eigenvalue weighted by Crippen LogP contribution is -2.35. The highest BCUT2D eigenvalue weighted by molar-refractivity contribution is 4.62. The largest absolute Gasteiger partial charge is 0.411 e. The highest BCUT2D eigenvalue weighted by atomic mass is 19.4. The minimum atomic E-state index is -4.22. The predicted octanol–water partition coefficient (Wildman–Crippen LogP) is 2.28. The number of rotatable bonds is 10. The van der Waals surface area contributed by atoms with Crippen LogP contribution in [0.4, 0.5) is 13.2 Å². The van der Waals surface area contributed by atoms with E-state index in [1.54, 1.807) is 0 Å². The number of nitrogens with zero attached hydrogens (tertiary/aromatic N) is 1. The van der Waals surface area contributed by atoms with Gasteiger partial charge in [-0.05, 0) is 33.4 Å². The molecule has 3 nitrogen and oxygen atoms in total. The number of nitrogens with one attached hydrogen (secondary N) is 1. The Hall–Kier alpha value is -0.330. The van der Waals surface area contributed by atoms with Crippen molar-refractivity contribution in [3.8, 4) is 0 Å². The molecule has 0 amide bonds. The summed E-state index contributed by atoms with van der Waals surface area (Å²) in [5.74, 6) is 0. The first-order chi connectivity index (χ1) is 8.37. The molecule has 18 heavy (non-hydrogen) atoms. The highest BCUT2D eigenvalue weighted by Crippen LogP contribution is 2.14. The lowest BCUT2D eigenvalue weighted by Gasteiger charge is -2.23. The number of hydrogen-bond acceptors (Lipinski definition) is 3. The number of halogens is 3. The molecule has 0 spiro atoms. The highest BCUT2D eigenvalue weighted by Gasteiger charge is 2.27. The van der Waals surface area contributed by atoms with E-state index >= 15 is 0 Å². The summed E-state index contributed by atoms with van der Waals surface area (Å²) < 4.78 is 39.7. The summed E-state index contributed by atoms with van der Waals surface area (Å²) in [5.41, 5.74) is 0. The third-order valence-electron chi connectivity index (χ3n) is 2.89. The van der Waals surface area contributed by atoms with E-state index in [-0.39, 0.29) is 6.61 Å². The van der Waals surface area contributed by atoms with Gasteiger partial charge in [0.15, 0.2) is 0 Å². The molecule has 1 N–H and O–H groups in total. The van der Waals surface area contributed by atoms with Crippen molar-refractivity contribution >= 4 is 0 Å². The quantitative estimate of drug-likeness (QED) is 0.616. The van der Waals surface area contributed by atoms with E-state index in [1.165, 1.54) is 0 Å². The lowest BCUT2D eigenvalue weighted by atomic mass is 10.2. The van der Waals surface area contributed by atoms with Crippen LogP contribution in [0, 0.1) is 0 Å². The number of alkyl halides is 3. The van der Waals surface area contributed by atoms with Gasteiger partial charge in [0.05, 0.1) is 0 Å². The van der Waals surface area contributed by atoms with E-state index < -0.39 is 12.8 Å². The van der Waals surface area contributed by atoms with Crippen molar-refractivity contribution in [3.63, 3.8) is 0 Å². The van der Waals surface area contributed by atoms with Gasteiger partial charge in [-0.1, -0.05) is 6.92 Å². The summed E-state index contributed by atoms with van der Waals surface area (Å²) in [4.78, 5) is 2.26. The summed E-state index contributed by atoms with van der Waals surface area (Å²) >= 11 is 0. The number of likely N-dealkylation sites (N-methyl/N-ethyl adjacent to an activating group) is 1. The van der Waals surface area contributed by atoms with Crippen LogP contribution >= 0.6 is 0 Å².